The van der Waals surface area contributed by atoms with E-state index in [2.05, 4.69) is 30.6 Å². The average Bonchev–Trinajstić information content (AvgIpc) is 2.74. The molecule has 0 spiro atoms. The molecular formula is C16H21N3O. The third-order valence-electron chi connectivity index (χ3n) is 4.24. The molecule has 2 N–H and O–H groups in total. The van der Waals surface area contributed by atoms with E-state index in [1.54, 1.807) is 0 Å². The highest BCUT2D eigenvalue weighted by atomic mass is 16.5. The van der Waals surface area contributed by atoms with Gasteiger partial charge in [-0.3, -0.25) is 4.68 Å². The summed E-state index contributed by atoms with van der Waals surface area (Å²) in [5.74, 6) is 0.897. The molecule has 0 saturated heterocycles. The summed E-state index contributed by atoms with van der Waals surface area (Å²) >= 11 is 0. The fourth-order valence-electron chi connectivity index (χ4n) is 3.13. The summed E-state index contributed by atoms with van der Waals surface area (Å²) in [7, 11) is 0. The van der Waals surface area contributed by atoms with Crippen molar-refractivity contribution in [2.75, 3.05) is 6.61 Å². The largest absolute Gasteiger partial charge is 0.491 e. The van der Waals surface area contributed by atoms with E-state index in [4.69, 9.17) is 10.5 Å². The SMILES string of the molecule is CCc1c(C)nn(C2COc3ccccc3C2N)c1C. The molecule has 1 aromatic carbocycles. The third-order valence-corrected chi connectivity index (χ3v) is 4.24. The molecule has 3 rings (SSSR count). The van der Waals surface area contributed by atoms with Crippen LogP contribution in [-0.2, 0) is 6.42 Å². The molecule has 1 aliphatic rings. The van der Waals surface area contributed by atoms with Crippen molar-refractivity contribution in [1.82, 2.24) is 9.78 Å². The lowest BCUT2D eigenvalue weighted by Crippen LogP contribution is -2.34. The van der Waals surface area contributed by atoms with Crippen molar-refractivity contribution in [1.29, 1.82) is 0 Å². The standard InChI is InChI=1S/C16H21N3O/c1-4-12-10(2)18-19(11(12)3)14-9-20-15-8-6-5-7-13(15)16(14)17/h5-8,14,16H,4,9,17H2,1-3H3. The van der Waals surface area contributed by atoms with Gasteiger partial charge in [0.2, 0.25) is 0 Å². The molecule has 2 atom stereocenters. The Morgan fingerprint density at radius 2 is 2.10 bits per heavy atom. The molecule has 2 aromatic rings. The molecule has 0 aliphatic carbocycles. The topological polar surface area (TPSA) is 53.1 Å². The van der Waals surface area contributed by atoms with Crippen molar-refractivity contribution < 1.29 is 4.74 Å². The number of rotatable bonds is 2. The van der Waals surface area contributed by atoms with Crippen LogP contribution in [0.15, 0.2) is 24.3 Å². The Morgan fingerprint density at radius 3 is 2.80 bits per heavy atom. The number of para-hydroxylation sites is 1. The van der Waals surface area contributed by atoms with Crippen molar-refractivity contribution >= 4 is 0 Å². The Morgan fingerprint density at radius 1 is 1.35 bits per heavy atom. The van der Waals surface area contributed by atoms with Crippen LogP contribution in [0.25, 0.3) is 0 Å². The normalized spacial score (nSPS) is 21.4. The van der Waals surface area contributed by atoms with E-state index in [1.165, 1.54) is 11.3 Å². The lowest BCUT2D eigenvalue weighted by atomic mass is 9.97. The first-order valence-electron chi connectivity index (χ1n) is 7.15. The summed E-state index contributed by atoms with van der Waals surface area (Å²) in [4.78, 5) is 0. The molecule has 4 heteroatoms. The van der Waals surface area contributed by atoms with Gasteiger partial charge in [0.05, 0.1) is 11.7 Å². The van der Waals surface area contributed by atoms with Crippen molar-refractivity contribution in [2.24, 2.45) is 5.73 Å². The number of ether oxygens (including phenoxy) is 1. The average molecular weight is 271 g/mol. The van der Waals surface area contributed by atoms with Crippen molar-refractivity contribution in [3.05, 3.63) is 46.8 Å². The molecule has 20 heavy (non-hydrogen) atoms. The van der Waals surface area contributed by atoms with Crippen LogP contribution in [0, 0.1) is 13.8 Å². The second-order valence-electron chi connectivity index (χ2n) is 5.39. The van der Waals surface area contributed by atoms with Gasteiger partial charge in [0.25, 0.3) is 0 Å². The minimum Gasteiger partial charge on any atom is -0.491 e. The maximum Gasteiger partial charge on any atom is 0.124 e. The van der Waals surface area contributed by atoms with E-state index in [1.807, 2.05) is 24.3 Å². The first-order chi connectivity index (χ1) is 9.63. The van der Waals surface area contributed by atoms with Crippen LogP contribution in [0.4, 0.5) is 0 Å². The van der Waals surface area contributed by atoms with Crippen LogP contribution in [0.3, 0.4) is 0 Å². The fourth-order valence-corrected chi connectivity index (χ4v) is 3.13. The zero-order valence-corrected chi connectivity index (χ0v) is 12.3. The van der Waals surface area contributed by atoms with Crippen molar-refractivity contribution in [2.45, 2.75) is 39.3 Å². The highest BCUT2D eigenvalue weighted by Gasteiger charge is 2.31. The van der Waals surface area contributed by atoms with Gasteiger partial charge in [-0.15, -0.1) is 0 Å². The van der Waals surface area contributed by atoms with Gasteiger partial charge in [-0.05, 0) is 31.9 Å². The Balaban J connectivity index is 2.01. The smallest absolute Gasteiger partial charge is 0.124 e. The van der Waals surface area contributed by atoms with Crippen LogP contribution in [0.2, 0.25) is 0 Å². The number of nitrogens with zero attached hydrogens (tertiary/aromatic N) is 2. The zero-order valence-electron chi connectivity index (χ0n) is 12.3. The van der Waals surface area contributed by atoms with Crippen LogP contribution in [-0.4, -0.2) is 16.4 Å². The molecule has 0 saturated carbocycles. The Kier molecular flexibility index (Phi) is 3.26. The highest BCUT2D eigenvalue weighted by Crippen LogP contribution is 2.36. The Bertz CT molecular complexity index is 633. The molecular weight excluding hydrogens is 250 g/mol. The second kappa shape index (κ2) is 4.94. The van der Waals surface area contributed by atoms with E-state index in [0.717, 1.165) is 23.4 Å². The molecule has 2 unspecified atom stereocenters. The maximum absolute atomic E-state index is 6.45. The minimum absolute atomic E-state index is 0.0592. The molecule has 2 heterocycles. The Labute approximate surface area is 119 Å². The van der Waals surface area contributed by atoms with Gasteiger partial charge in [-0.1, -0.05) is 25.1 Å². The number of aromatic nitrogens is 2. The molecule has 4 nitrogen and oxygen atoms in total. The fraction of sp³-hybridized carbons (Fsp3) is 0.438. The molecule has 1 aromatic heterocycles. The second-order valence-corrected chi connectivity index (χ2v) is 5.39. The van der Waals surface area contributed by atoms with Gasteiger partial charge in [-0.2, -0.15) is 5.10 Å². The highest BCUT2D eigenvalue weighted by molar-refractivity contribution is 5.38. The number of benzene rings is 1. The van der Waals surface area contributed by atoms with Crippen LogP contribution in [0.1, 0.15) is 41.5 Å². The molecule has 0 bridgehead atoms. The van der Waals surface area contributed by atoms with E-state index in [-0.39, 0.29) is 12.1 Å². The summed E-state index contributed by atoms with van der Waals surface area (Å²) in [5.41, 5.74) is 11.1. The van der Waals surface area contributed by atoms with Crippen LogP contribution in [0.5, 0.6) is 5.75 Å². The van der Waals surface area contributed by atoms with Gasteiger partial charge in [-0.25, -0.2) is 0 Å². The minimum atomic E-state index is -0.0809. The van der Waals surface area contributed by atoms with Crippen molar-refractivity contribution in [3.63, 3.8) is 0 Å². The number of nitrogens with two attached hydrogens (primary N) is 1. The zero-order chi connectivity index (χ0) is 14.3. The summed E-state index contributed by atoms with van der Waals surface area (Å²) in [5, 5.41) is 4.68. The number of fused-ring (bicyclic) bond motifs is 1. The van der Waals surface area contributed by atoms with E-state index in [0.29, 0.717) is 6.61 Å². The first-order valence-corrected chi connectivity index (χ1v) is 7.15. The number of hydrogen-bond acceptors (Lipinski definition) is 3. The lowest BCUT2D eigenvalue weighted by molar-refractivity contribution is 0.185. The van der Waals surface area contributed by atoms with Gasteiger partial charge >= 0.3 is 0 Å². The van der Waals surface area contributed by atoms with Crippen LogP contribution < -0.4 is 10.5 Å². The third kappa shape index (κ3) is 1.91. The van der Waals surface area contributed by atoms with Gasteiger partial charge in [0, 0.05) is 11.3 Å². The van der Waals surface area contributed by atoms with Gasteiger partial charge in [0.15, 0.2) is 0 Å². The van der Waals surface area contributed by atoms with E-state index in [9.17, 15) is 0 Å². The molecule has 106 valence electrons. The summed E-state index contributed by atoms with van der Waals surface area (Å²) < 4.78 is 7.91. The summed E-state index contributed by atoms with van der Waals surface area (Å²) in [6, 6.07) is 7.97. The lowest BCUT2D eigenvalue weighted by Gasteiger charge is -2.32. The molecule has 0 amide bonds. The van der Waals surface area contributed by atoms with Crippen molar-refractivity contribution in [3.8, 4) is 5.75 Å². The molecule has 1 aliphatic heterocycles. The van der Waals surface area contributed by atoms with Gasteiger partial charge in [0.1, 0.15) is 18.4 Å². The predicted octanol–water partition coefficient (Wildman–Crippen LogP) is 2.70. The van der Waals surface area contributed by atoms with E-state index < -0.39 is 0 Å². The maximum atomic E-state index is 6.45. The monoisotopic (exact) mass is 271 g/mol. The number of hydrogen-bond donors (Lipinski definition) is 1. The molecule has 0 radical (unpaired) electrons. The van der Waals surface area contributed by atoms with Gasteiger partial charge < -0.3 is 10.5 Å². The predicted molar refractivity (Wildman–Crippen MR) is 79.0 cm³/mol. The van der Waals surface area contributed by atoms with Crippen LogP contribution >= 0.6 is 0 Å². The summed E-state index contributed by atoms with van der Waals surface area (Å²) in [6.07, 6.45) is 0.997. The first kappa shape index (κ1) is 13.2. The van der Waals surface area contributed by atoms with E-state index >= 15 is 0 Å². The Hall–Kier alpha value is -1.81. The molecule has 0 fully saturated rings. The quantitative estimate of drug-likeness (QED) is 0.913. The number of aryl methyl sites for hydroxylation is 1. The summed E-state index contributed by atoms with van der Waals surface area (Å²) in [6.45, 7) is 6.91.